The Morgan fingerprint density at radius 2 is 1.47 bits per heavy atom. The van der Waals surface area contributed by atoms with Crippen molar-refractivity contribution in [2.24, 2.45) is 0 Å². The molecule has 1 aromatic heterocycles. The van der Waals surface area contributed by atoms with Gasteiger partial charge in [-0.25, -0.2) is 0 Å². The molecule has 0 radical (unpaired) electrons. The molecule has 0 saturated carbocycles. The third kappa shape index (κ3) is 1.37. The Morgan fingerprint density at radius 1 is 0.800 bits per heavy atom. The van der Waals surface area contributed by atoms with Gasteiger partial charge < -0.3 is 0 Å². The Kier molecular flexibility index (Phi) is 1.72. The molecule has 0 bridgehead atoms. The maximum absolute atomic E-state index is 4.31. The van der Waals surface area contributed by atoms with Crippen molar-refractivity contribution in [2.45, 2.75) is 6.92 Å². The summed E-state index contributed by atoms with van der Waals surface area (Å²) in [6.07, 6.45) is 1.94. The molecule has 0 saturated heterocycles. The summed E-state index contributed by atoms with van der Waals surface area (Å²) in [4.78, 5) is 4.31. The summed E-state index contributed by atoms with van der Waals surface area (Å²) in [5.74, 6) is 0. The number of hydrogen-bond acceptors (Lipinski definition) is 1. The standard InChI is InChI=1S/C14H11N/c1-10-6-13-7-11-4-2-3-5-12(11)8-14(13)9-15-10/h2-9H,1H3. The fraction of sp³-hybridized carbons (Fsp3) is 0.0714. The molecule has 2 aromatic carbocycles. The van der Waals surface area contributed by atoms with E-state index in [9.17, 15) is 0 Å². The zero-order valence-corrected chi connectivity index (χ0v) is 8.57. The molecule has 0 fully saturated rings. The second-order valence-corrected chi connectivity index (χ2v) is 3.87. The van der Waals surface area contributed by atoms with Crippen molar-refractivity contribution in [2.75, 3.05) is 0 Å². The maximum atomic E-state index is 4.31. The van der Waals surface area contributed by atoms with Crippen LogP contribution in [0.3, 0.4) is 0 Å². The molecule has 0 atom stereocenters. The molecule has 3 aromatic rings. The van der Waals surface area contributed by atoms with Gasteiger partial charge in [-0.2, -0.15) is 0 Å². The minimum atomic E-state index is 1.07. The van der Waals surface area contributed by atoms with Crippen LogP contribution in [0.1, 0.15) is 5.69 Å². The number of aryl methyl sites for hydroxylation is 1. The summed E-state index contributed by atoms with van der Waals surface area (Å²) in [6, 6.07) is 15.0. The van der Waals surface area contributed by atoms with E-state index in [2.05, 4.69) is 47.4 Å². The van der Waals surface area contributed by atoms with E-state index in [1.54, 1.807) is 0 Å². The fourth-order valence-corrected chi connectivity index (χ4v) is 1.95. The van der Waals surface area contributed by atoms with E-state index in [1.165, 1.54) is 21.5 Å². The van der Waals surface area contributed by atoms with Gasteiger partial charge in [-0.3, -0.25) is 4.98 Å². The van der Waals surface area contributed by atoms with Gasteiger partial charge in [0.05, 0.1) is 0 Å². The lowest BCUT2D eigenvalue weighted by Gasteiger charge is -2.02. The molecule has 15 heavy (non-hydrogen) atoms. The molecule has 1 heteroatoms. The second-order valence-electron chi connectivity index (χ2n) is 3.87. The Hall–Kier alpha value is -1.89. The van der Waals surface area contributed by atoms with E-state index in [0.29, 0.717) is 0 Å². The van der Waals surface area contributed by atoms with Crippen LogP contribution in [-0.4, -0.2) is 4.98 Å². The van der Waals surface area contributed by atoms with Gasteiger partial charge in [-0.15, -0.1) is 0 Å². The smallest absolute Gasteiger partial charge is 0.0379 e. The first kappa shape index (κ1) is 8.42. The van der Waals surface area contributed by atoms with Crippen LogP contribution in [0.5, 0.6) is 0 Å². The number of rotatable bonds is 0. The number of aromatic nitrogens is 1. The predicted molar refractivity (Wildman–Crippen MR) is 64.0 cm³/mol. The van der Waals surface area contributed by atoms with Crippen LogP contribution >= 0.6 is 0 Å². The van der Waals surface area contributed by atoms with Gasteiger partial charge in [0.25, 0.3) is 0 Å². The molecule has 0 spiro atoms. The van der Waals surface area contributed by atoms with Crippen molar-refractivity contribution in [3.8, 4) is 0 Å². The zero-order valence-electron chi connectivity index (χ0n) is 8.57. The molecule has 0 N–H and O–H groups in total. The van der Waals surface area contributed by atoms with Gasteiger partial charge in [0.15, 0.2) is 0 Å². The highest BCUT2D eigenvalue weighted by atomic mass is 14.6. The molecular formula is C14H11N. The van der Waals surface area contributed by atoms with Crippen molar-refractivity contribution in [3.63, 3.8) is 0 Å². The van der Waals surface area contributed by atoms with Gasteiger partial charge in [-0.1, -0.05) is 24.3 Å². The summed E-state index contributed by atoms with van der Waals surface area (Å²) in [5.41, 5.74) is 1.07. The van der Waals surface area contributed by atoms with E-state index >= 15 is 0 Å². The van der Waals surface area contributed by atoms with Gasteiger partial charge in [0, 0.05) is 17.3 Å². The average molecular weight is 193 g/mol. The molecular weight excluding hydrogens is 182 g/mol. The number of hydrogen-bond donors (Lipinski definition) is 0. The molecule has 72 valence electrons. The summed E-state index contributed by atoms with van der Waals surface area (Å²) >= 11 is 0. The van der Waals surface area contributed by atoms with Crippen LogP contribution < -0.4 is 0 Å². The maximum Gasteiger partial charge on any atom is 0.0379 e. The lowest BCUT2D eigenvalue weighted by molar-refractivity contribution is 1.23. The van der Waals surface area contributed by atoms with Crippen LogP contribution in [0.2, 0.25) is 0 Å². The summed E-state index contributed by atoms with van der Waals surface area (Å²) < 4.78 is 0. The van der Waals surface area contributed by atoms with Crippen molar-refractivity contribution in [1.29, 1.82) is 0 Å². The second kappa shape index (κ2) is 3.06. The van der Waals surface area contributed by atoms with E-state index in [4.69, 9.17) is 0 Å². The molecule has 0 aliphatic heterocycles. The van der Waals surface area contributed by atoms with Crippen LogP contribution in [0.15, 0.2) is 48.7 Å². The lowest BCUT2D eigenvalue weighted by Crippen LogP contribution is -1.81. The molecule has 0 unspecified atom stereocenters. The molecule has 0 amide bonds. The summed E-state index contributed by atoms with van der Waals surface area (Å²) in [5, 5.41) is 5.03. The zero-order chi connectivity index (χ0) is 10.3. The van der Waals surface area contributed by atoms with Crippen molar-refractivity contribution in [3.05, 3.63) is 54.4 Å². The number of nitrogens with zero attached hydrogens (tertiary/aromatic N) is 1. The monoisotopic (exact) mass is 193 g/mol. The highest BCUT2D eigenvalue weighted by molar-refractivity contribution is 5.97. The minimum absolute atomic E-state index is 1.07. The Balaban J connectivity index is 2.47. The van der Waals surface area contributed by atoms with Crippen molar-refractivity contribution in [1.82, 2.24) is 4.98 Å². The Labute approximate surface area is 88.4 Å². The van der Waals surface area contributed by atoms with Gasteiger partial charge in [0.1, 0.15) is 0 Å². The third-order valence-corrected chi connectivity index (χ3v) is 2.72. The van der Waals surface area contributed by atoms with E-state index in [1.807, 2.05) is 13.1 Å². The topological polar surface area (TPSA) is 12.9 Å². The van der Waals surface area contributed by atoms with Crippen LogP contribution in [-0.2, 0) is 0 Å². The molecule has 0 aliphatic rings. The Morgan fingerprint density at radius 3 is 2.20 bits per heavy atom. The summed E-state index contributed by atoms with van der Waals surface area (Å²) in [7, 11) is 0. The minimum Gasteiger partial charge on any atom is -0.261 e. The average Bonchev–Trinajstić information content (AvgIpc) is 2.26. The number of pyridine rings is 1. The number of fused-ring (bicyclic) bond motifs is 2. The molecule has 1 nitrogen and oxygen atoms in total. The quantitative estimate of drug-likeness (QED) is 0.496. The molecule has 0 aliphatic carbocycles. The van der Waals surface area contributed by atoms with Gasteiger partial charge in [0.2, 0.25) is 0 Å². The van der Waals surface area contributed by atoms with Gasteiger partial charge in [-0.05, 0) is 41.3 Å². The third-order valence-electron chi connectivity index (χ3n) is 2.72. The fourth-order valence-electron chi connectivity index (χ4n) is 1.95. The van der Waals surface area contributed by atoms with Crippen LogP contribution in [0, 0.1) is 6.92 Å². The number of benzene rings is 2. The van der Waals surface area contributed by atoms with Crippen molar-refractivity contribution >= 4 is 21.5 Å². The first-order valence-electron chi connectivity index (χ1n) is 5.08. The van der Waals surface area contributed by atoms with E-state index in [0.717, 1.165) is 5.69 Å². The largest absolute Gasteiger partial charge is 0.261 e. The van der Waals surface area contributed by atoms with Gasteiger partial charge >= 0.3 is 0 Å². The highest BCUT2D eigenvalue weighted by Gasteiger charge is 1.97. The van der Waals surface area contributed by atoms with E-state index in [-0.39, 0.29) is 0 Å². The molecule has 1 heterocycles. The molecule has 3 rings (SSSR count). The first-order valence-corrected chi connectivity index (χ1v) is 5.08. The Bertz CT molecular complexity index is 641. The highest BCUT2D eigenvalue weighted by Crippen LogP contribution is 2.22. The predicted octanol–water partition coefficient (Wildman–Crippen LogP) is 3.70. The van der Waals surface area contributed by atoms with Crippen LogP contribution in [0.25, 0.3) is 21.5 Å². The van der Waals surface area contributed by atoms with Crippen LogP contribution in [0.4, 0.5) is 0 Å². The SMILES string of the molecule is Cc1cc2cc3ccccc3cc2cn1. The van der Waals surface area contributed by atoms with E-state index < -0.39 is 0 Å². The summed E-state index contributed by atoms with van der Waals surface area (Å²) in [6.45, 7) is 2.02. The normalized spacial score (nSPS) is 11.0. The first-order chi connectivity index (χ1) is 7.33. The lowest BCUT2D eigenvalue weighted by atomic mass is 10.0. The van der Waals surface area contributed by atoms with Crippen molar-refractivity contribution < 1.29 is 0 Å².